The molecular formula is C33H34O. The Morgan fingerprint density at radius 3 is 1.62 bits per heavy atom. The zero-order valence-electron chi connectivity index (χ0n) is 20.7. The van der Waals surface area contributed by atoms with Crippen molar-refractivity contribution in [2.75, 3.05) is 0 Å². The Bertz CT molecular complexity index is 1310. The second-order valence-electron chi connectivity index (χ2n) is 11.0. The third-order valence-electron chi connectivity index (χ3n) is 7.76. The van der Waals surface area contributed by atoms with Crippen LogP contribution in [0.4, 0.5) is 0 Å². The molecule has 1 N–H and O–H groups in total. The van der Waals surface area contributed by atoms with Crippen LogP contribution in [0.5, 0.6) is 0 Å². The molecule has 0 atom stereocenters. The third-order valence-corrected chi connectivity index (χ3v) is 7.76. The summed E-state index contributed by atoms with van der Waals surface area (Å²) >= 11 is 0. The topological polar surface area (TPSA) is 20.2 Å². The second-order valence-corrected chi connectivity index (χ2v) is 11.0. The highest BCUT2D eigenvalue weighted by Crippen LogP contribution is 2.47. The van der Waals surface area contributed by atoms with Crippen molar-refractivity contribution in [1.29, 1.82) is 0 Å². The Hall–Kier alpha value is -3.16. The maximum Gasteiger partial charge on any atom is 0.0681 e. The highest BCUT2D eigenvalue weighted by molar-refractivity contribution is 5.85. The van der Waals surface area contributed by atoms with Crippen molar-refractivity contribution in [3.05, 3.63) is 108 Å². The number of fused-ring (bicyclic) bond motifs is 1. The van der Waals surface area contributed by atoms with Gasteiger partial charge in [-0.3, -0.25) is 0 Å². The minimum Gasteiger partial charge on any atom is -0.392 e. The number of benzene rings is 4. The highest BCUT2D eigenvalue weighted by atomic mass is 16.3. The quantitative estimate of drug-likeness (QED) is 0.333. The SMILES string of the molecule is CC1(C)CCC(C)(C)c2cc(-c3ccccc3-c3ccc(-c4ccc(CO)cc4)cc3)ccc21. The van der Waals surface area contributed by atoms with Gasteiger partial charge in [-0.05, 0) is 73.7 Å². The van der Waals surface area contributed by atoms with Gasteiger partial charge >= 0.3 is 0 Å². The van der Waals surface area contributed by atoms with Crippen LogP contribution in [0.1, 0.15) is 57.2 Å². The van der Waals surface area contributed by atoms with Crippen molar-refractivity contribution in [2.45, 2.75) is 58.0 Å². The van der Waals surface area contributed by atoms with E-state index in [0.717, 1.165) is 11.1 Å². The second kappa shape index (κ2) is 8.56. The molecule has 1 aliphatic rings. The van der Waals surface area contributed by atoms with Crippen molar-refractivity contribution in [2.24, 2.45) is 0 Å². The molecule has 4 aromatic rings. The van der Waals surface area contributed by atoms with Crippen LogP contribution in [-0.4, -0.2) is 5.11 Å². The van der Waals surface area contributed by atoms with Gasteiger partial charge in [0.2, 0.25) is 0 Å². The van der Waals surface area contributed by atoms with Crippen LogP contribution in [0.3, 0.4) is 0 Å². The van der Waals surface area contributed by atoms with E-state index in [1.54, 1.807) is 0 Å². The molecule has 0 heterocycles. The maximum atomic E-state index is 9.30. The molecular weight excluding hydrogens is 412 g/mol. The minimum atomic E-state index is 0.0768. The number of hydrogen-bond donors (Lipinski definition) is 1. The van der Waals surface area contributed by atoms with Gasteiger partial charge in [-0.25, -0.2) is 0 Å². The van der Waals surface area contributed by atoms with Gasteiger partial charge in [0.15, 0.2) is 0 Å². The van der Waals surface area contributed by atoms with E-state index >= 15 is 0 Å². The Labute approximate surface area is 204 Å². The molecule has 0 saturated heterocycles. The molecule has 5 rings (SSSR count). The average molecular weight is 447 g/mol. The molecule has 0 spiro atoms. The fourth-order valence-electron chi connectivity index (χ4n) is 5.39. The number of aliphatic hydroxyl groups excluding tert-OH is 1. The predicted molar refractivity (Wildman–Crippen MR) is 144 cm³/mol. The molecule has 0 aliphatic heterocycles. The molecule has 0 fully saturated rings. The zero-order chi connectivity index (χ0) is 23.9. The Morgan fingerprint density at radius 1 is 0.559 bits per heavy atom. The molecule has 1 nitrogen and oxygen atoms in total. The Kier molecular flexibility index (Phi) is 5.70. The maximum absolute atomic E-state index is 9.30. The number of hydrogen-bond acceptors (Lipinski definition) is 1. The summed E-state index contributed by atoms with van der Waals surface area (Å²) in [5.41, 5.74) is 11.8. The van der Waals surface area contributed by atoms with Crippen LogP contribution >= 0.6 is 0 Å². The van der Waals surface area contributed by atoms with E-state index in [0.29, 0.717) is 0 Å². The summed E-state index contributed by atoms with van der Waals surface area (Å²) in [5.74, 6) is 0. The van der Waals surface area contributed by atoms with Crippen molar-refractivity contribution >= 4 is 0 Å². The van der Waals surface area contributed by atoms with Crippen LogP contribution in [-0.2, 0) is 17.4 Å². The minimum absolute atomic E-state index is 0.0768. The van der Waals surface area contributed by atoms with E-state index in [4.69, 9.17) is 0 Å². The van der Waals surface area contributed by atoms with E-state index in [9.17, 15) is 5.11 Å². The van der Waals surface area contributed by atoms with Crippen LogP contribution < -0.4 is 0 Å². The summed E-state index contributed by atoms with van der Waals surface area (Å²) in [6, 6.07) is 32.8. The molecule has 0 unspecified atom stereocenters. The summed E-state index contributed by atoms with van der Waals surface area (Å²) in [6.45, 7) is 9.62. The monoisotopic (exact) mass is 446 g/mol. The first-order valence-electron chi connectivity index (χ1n) is 12.3. The first kappa shape index (κ1) is 22.6. The van der Waals surface area contributed by atoms with Crippen molar-refractivity contribution in [1.82, 2.24) is 0 Å². The molecule has 0 aromatic heterocycles. The first-order chi connectivity index (χ1) is 16.3. The highest BCUT2D eigenvalue weighted by Gasteiger charge is 2.37. The smallest absolute Gasteiger partial charge is 0.0681 e. The van der Waals surface area contributed by atoms with Crippen molar-refractivity contribution in [3.63, 3.8) is 0 Å². The molecule has 0 radical (unpaired) electrons. The molecule has 0 bridgehead atoms. The molecule has 34 heavy (non-hydrogen) atoms. The van der Waals surface area contributed by atoms with Crippen molar-refractivity contribution in [3.8, 4) is 33.4 Å². The normalized spacial score (nSPS) is 16.1. The van der Waals surface area contributed by atoms with E-state index in [1.165, 1.54) is 51.8 Å². The summed E-state index contributed by atoms with van der Waals surface area (Å²) < 4.78 is 0. The Morgan fingerprint density at radius 2 is 1.03 bits per heavy atom. The number of rotatable bonds is 4. The largest absolute Gasteiger partial charge is 0.392 e. The van der Waals surface area contributed by atoms with Crippen LogP contribution in [0.2, 0.25) is 0 Å². The lowest BCUT2D eigenvalue weighted by Crippen LogP contribution is -2.33. The van der Waals surface area contributed by atoms with Crippen LogP contribution in [0.15, 0.2) is 91.0 Å². The summed E-state index contributed by atoms with van der Waals surface area (Å²) in [4.78, 5) is 0. The molecule has 1 aliphatic carbocycles. The van der Waals surface area contributed by atoms with Gasteiger partial charge in [-0.15, -0.1) is 0 Å². The Balaban J connectivity index is 1.54. The van der Waals surface area contributed by atoms with Gasteiger partial charge in [0.25, 0.3) is 0 Å². The molecule has 0 saturated carbocycles. The third kappa shape index (κ3) is 4.10. The fraction of sp³-hybridized carbons (Fsp3) is 0.273. The van der Waals surface area contributed by atoms with Gasteiger partial charge in [0, 0.05) is 0 Å². The first-order valence-corrected chi connectivity index (χ1v) is 12.3. The van der Waals surface area contributed by atoms with Gasteiger partial charge in [-0.2, -0.15) is 0 Å². The van der Waals surface area contributed by atoms with Gasteiger partial charge < -0.3 is 5.11 Å². The van der Waals surface area contributed by atoms with E-state index in [2.05, 4.69) is 107 Å². The summed E-state index contributed by atoms with van der Waals surface area (Å²) in [5, 5.41) is 9.30. The molecule has 172 valence electrons. The zero-order valence-corrected chi connectivity index (χ0v) is 20.7. The lowest BCUT2D eigenvalue weighted by Gasteiger charge is -2.42. The van der Waals surface area contributed by atoms with Crippen LogP contribution in [0.25, 0.3) is 33.4 Å². The molecule has 4 aromatic carbocycles. The lowest BCUT2D eigenvalue weighted by atomic mass is 9.63. The van der Waals surface area contributed by atoms with Crippen molar-refractivity contribution < 1.29 is 5.11 Å². The van der Waals surface area contributed by atoms with E-state index < -0.39 is 0 Å². The standard InChI is InChI=1S/C33H34O/c1-32(2)19-20-33(3,4)31-21-27(17-18-30(31)32)29-8-6-5-7-28(29)26-15-13-25(14-16-26)24-11-9-23(22-34)10-12-24/h5-18,21,34H,19-20,22H2,1-4H3. The number of aliphatic hydroxyl groups is 1. The fourth-order valence-corrected chi connectivity index (χ4v) is 5.39. The predicted octanol–water partition coefficient (Wildman–Crippen LogP) is 8.53. The summed E-state index contributed by atoms with van der Waals surface area (Å²) in [7, 11) is 0. The van der Waals surface area contributed by atoms with Gasteiger partial charge in [-0.1, -0.05) is 119 Å². The van der Waals surface area contributed by atoms with Gasteiger partial charge in [0.05, 0.1) is 6.61 Å². The molecule has 0 amide bonds. The lowest BCUT2D eigenvalue weighted by molar-refractivity contribution is 0.282. The van der Waals surface area contributed by atoms with E-state index in [1.807, 2.05) is 12.1 Å². The molecule has 1 heteroatoms. The van der Waals surface area contributed by atoms with Gasteiger partial charge in [0.1, 0.15) is 0 Å². The average Bonchev–Trinajstić information content (AvgIpc) is 2.87. The summed E-state index contributed by atoms with van der Waals surface area (Å²) in [6.07, 6.45) is 2.46. The van der Waals surface area contributed by atoms with E-state index in [-0.39, 0.29) is 17.4 Å². The van der Waals surface area contributed by atoms with Crippen LogP contribution in [0, 0.1) is 0 Å².